The van der Waals surface area contributed by atoms with Crippen molar-refractivity contribution in [3.8, 4) is 5.69 Å². The highest BCUT2D eigenvalue weighted by atomic mass is 16.2. The van der Waals surface area contributed by atoms with Crippen molar-refractivity contribution in [2.45, 2.75) is 27.2 Å². The molecule has 0 radical (unpaired) electrons. The van der Waals surface area contributed by atoms with Crippen LogP contribution < -0.4 is 0 Å². The van der Waals surface area contributed by atoms with Gasteiger partial charge in [-0.2, -0.15) is 5.10 Å². The van der Waals surface area contributed by atoms with Crippen LogP contribution in [0.25, 0.3) is 5.69 Å². The third kappa shape index (κ3) is 2.78. The predicted molar refractivity (Wildman–Crippen MR) is 87.1 cm³/mol. The van der Waals surface area contributed by atoms with E-state index < -0.39 is 0 Å². The molecule has 116 valence electrons. The normalized spacial score (nSPS) is 21.9. The van der Waals surface area contributed by atoms with Crippen LogP contribution in [0.1, 0.15) is 36.3 Å². The zero-order chi connectivity index (χ0) is 15.7. The van der Waals surface area contributed by atoms with Gasteiger partial charge in [0.25, 0.3) is 5.91 Å². The summed E-state index contributed by atoms with van der Waals surface area (Å²) in [6.07, 6.45) is 2.90. The van der Waals surface area contributed by atoms with Gasteiger partial charge in [0.05, 0.1) is 23.1 Å². The number of carbonyl (C=O) groups excluding carboxylic acids is 1. The fourth-order valence-electron chi connectivity index (χ4n) is 3.45. The number of para-hydroxylation sites is 1. The molecule has 0 aliphatic carbocycles. The van der Waals surface area contributed by atoms with E-state index in [1.165, 1.54) is 6.42 Å². The lowest BCUT2D eigenvalue weighted by Gasteiger charge is -2.34. The van der Waals surface area contributed by atoms with Crippen molar-refractivity contribution in [3.05, 3.63) is 47.8 Å². The van der Waals surface area contributed by atoms with Crippen LogP contribution in [0.2, 0.25) is 0 Å². The third-order valence-corrected chi connectivity index (χ3v) is 4.40. The molecule has 2 unspecified atom stereocenters. The van der Waals surface area contributed by atoms with Crippen molar-refractivity contribution in [1.82, 2.24) is 14.7 Å². The quantitative estimate of drug-likeness (QED) is 0.853. The molecule has 1 amide bonds. The smallest absolute Gasteiger partial charge is 0.257 e. The summed E-state index contributed by atoms with van der Waals surface area (Å²) in [5.74, 6) is 1.24. The van der Waals surface area contributed by atoms with Crippen molar-refractivity contribution in [2.75, 3.05) is 13.1 Å². The lowest BCUT2D eigenvalue weighted by Crippen LogP contribution is -2.42. The highest BCUT2D eigenvalue weighted by molar-refractivity contribution is 5.95. The van der Waals surface area contributed by atoms with E-state index in [2.05, 4.69) is 18.9 Å². The van der Waals surface area contributed by atoms with Gasteiger partial charge in [0, 0.05) is 13.1 Å². The Morgan fingerprint density at radius 2 is 1.77 bits per heavy atom. The topological polar surface area (TPSA) is 38.1 Å². The van der Waals surface area contributed by atoms with Crippen LogP contribution in [0, 0.1) is 18.8 Å². The van der Waals surface area contributed by atoms with Crippen molar-refractivity contribution in [3.63, 3.8) is 0 Å². The Morgan fingerprint density at radius 3 is 2.41 bits per heavy atom. The number of piperidine rings is 1. The van der Waals surface area contributed by atoms with E-state index in [9.17, 15) is 4.79 Å². The Balaban J connectivity index is 1.86. The van der Waals surface area contributed by atoms with Gasteiger partial charge < -0.3 is 4.90 Å². The molecule has 1 aliphatic rings. The second-order valence-corrected chi connectivity index (χ2v) is 6.55. The van der Waals surface area contributed by atoms with Gasteiger partial charge in [-0.3, -0.25) is 4.79 Å². The van der Waals surface area contributed by atoms with Crippen molar-refractivity contribution >= 4 is 5.91 Å². The first kappa shape index (κ1) is 14.8. The third-order valence-electron chi connectivity index (χ3n) is 4.40. The Hall–Kier alpha value is -2.10. The van der Waals surface area contributed by atoms with Crippen LogP contribution in [0.5, 0.6) is 0 Å². The number of hydrogen-bond donors (Lipinski definition) is 0. The Morgan fingerprint density at radius 1 is 1.14 bits per heavy atom. The second kappa shape index (κ2) is 5.95. The molecule has 0 spiro atoms. The molecule has 1 fully saturated rings. The fraction of sp³-hybridized carbons (Fsp3) is 0.444. The van der Waals surface area contributed by atoms with Crippen molar-refractivity contribution < 1.29 is 4.79 Å². The highest BCUT2D eigenvalue weighted by Crippen LogP contribution is 2.24. The molecule has 4 nitrogen and oxygen atoms in total. The van der Waals surface area contributed by atoms with Gasteiger partial charge in [-0.15, -0.1) is 0 Å². The molecule has 1 aromatic heterocycles. The number of carbonyl (C=O) groups is 1. The number of benzene rings is 1. The largest absolute Gasteiger partial charge is 0.338 e. The molecule has 0 bridgehead atoms. The van der Waals surface area contributed by atoms with Crippen LogP contribution in [0.3, 0.4) is 0 Å². The maximum Gasteiger partial charge on any atom is 0.257 e. The van der Waals surface area contributed by atoms with Crippen LogP contribution in [-0.4, -0.2) is 33.7 Å². The van der Waals surface area contributed by atoms with Crippen molar-refractivity contribution in [2.24, 2.45) is 11.8 Å². The van der Waals surface area contributed by atoms with Gasteiger partial charge in [0.1, 0.15) is 0 Å². The number of amides is 1. The number of aromatic nitrogens is 2. The Labute approximate surface area is 131 Å². The Bertz CT molecular complexity index is 652. The molecule has 1 aliphatic heterocycles. The molecule has 0 N–H and O–H groups in total. The summed E-state index contributed by atoms with van der Waals surface area (Å²) >= 11 is 0. The van der Waals surface area contributed by atoms with E-state index in [0.717, 1.165) is 24.5 Å². The molecule has 1 saturated heterocycles. The molecule has 22 heavy (non-hydrogen) atoms. The van der Waals surface area contributed by atoms with Gasteiger partial charge in [-0.25, -0.2) is 4.68 Å². The van der Waals surface area contributed by atoms with Gasteiger partial charge >= 0.3 is 0 Å². The number of hydrogen-bond acceptors (Lipinski definition) is 2. The molecule has 2 atom stereocenters. The minimum atomic E-state index is 0.109. The summed E-state index contributed by atoms with van der Waals surface area (Å²) in [7, 11) is 0. The summed E-state index contributed by atoms with van der Waals surface area (Å²) in [5, 5.41) is 4.41. The lowest BCUT2D eigenvalue weighted by atomic mass is 9.91. The second-order valence-electron chi connectivity index (χ2n) is 6.55. The zero-order valence-corrected chi connectivity index (χ0v) is 13.5. The average molecular weight is 297 g/mol. The van der Waals surface area contributed by atoms with E-state index >= 15 is 0 Å². The van der Waals surface area contributed by atoms with Crippen LogP contribution >= 0.6 is 0 Å². The van der Waals surface area contributed by atoms with Crippen LogP contribution in [-0.2, 0) is 0 Å². The number of likely N-dealkylation sites (tertiary alicyclic amines) is 1. The van der Waals surface area contributed by atoms with Crippen molar-refractivity contribution in [1.29, 1.82) is 0 Å². The lowest BCUT2D eigenvalue weighted by molar-refractivity contribution is 0.0622. The molecule has 1 aromatic carbocycles. The van der Waals surface area contributed by atoms with E-state index in [0.29, 0.717) is 17.4 Å². The fourth-order valence-corrected chi connectivity index (χ4v) is 3.45. The predicted octanol–water partition coefficient (Wildman–Crippen LogP) is 3.30. The summed E-state index contributed by atoms with van der Waals surface area (Å²) in [5.41, 5.74) is 2.60. The average Bonchev–Trinajstić information content (AvgIpc) is 2.88. The van der Waals surface area contributed by atoms with E-state index in [1.54, 1.807) is 6.20 Å². The van der Waals surface area contributed by atoms with Gasteiger partial charge in [0.2, 0.25) is 0 Å². The molecular formula is C18H23N3O. The van der Waals surface area contributed by atoms with Gasteiger partial charge in [-0.1, -0.05) is 32.0 Å². The van der Waals surface area contributed by atoms with E-state index in [-0.39, 0.29) is 5.91 Å². The minimum absolute atomic E-state index is 0.109. The minimum Gasteiger partial charge on any atom is -0.338 e. The first-order chi connectivity index (χ1) is 10.6. The number of nitrogens with zero attached hydrogens (tertiary/aromatic N) is 3. The monoisotopic (exact) mass is 297 g/mol. The highest BCUT2D eigenvalue weighted by Gasteiger charge is 2.28. The maximum absolute atomic E-state index is 12.8. The first-order valence-electron chi connectivity index (χ1n) is 7.95. The van der Waals surface area contributed by atoms with Gasteiger partial charge in [-0.05, 0) is 37.3 Å². The molecule has 3 rings (SSSR count). The zero-order valence-electron chi connectivity index (χ0n) is 13.5. The van der Waals surface area contributed by atoms with Crippen LogP contribution in [0.4, 0.5) is 0 Å². The molecule has 0 saturated carbocycles. The van der Waals surface area contributed by atoms with Gasteiger partial charge in [0.15, 0.2) is 0 Å². The summed E-state index contributed by atoms with van der Waals surface area (Å²) in [6.45, 7) is 8.09. The first-order valence-corrected chi connectivity index (χ1v) is 7.95. The van der Waals surface area contributed by atoms with E-state index in [4.69, 9.17) is 0 Å². The summed E-state index contributed by atoms with van der Waals surface area (Å²) < 4.78 is 1.84. The molecule has 4 heteroatoms. The summed E-state index contributed by atoms with van der Waals surface area (Å²) in [4.78, 5) is 14.8. The van der Waals surface area contributed by atoms with Crippen LogP contribution in [0.15, 0.2) is 36.5 Å². The SMILES string of the molecule is Cc1c(C(=O)N2CC(C)CC(C)C2)cnn1-c1ccccc1. The Kier molecular flexibility index (Phi) is 4.01. The standard InChI is InChI=1S/C18H23N3O/c1-13-9-14(2)12-20(11-13)18(22)17-10-19-21(15(17)3)16-7-5-4-6-8-16/h4-8,10,13-14H,9,11-12H2,1-3H3. The molecule has 2 aromatic rings. The summed E-state index contributed by atoms with van der Waals surface area (Å²) in [6, 6.07) is 9.93. The molecular weight excluding hydrogens is 274 g/mol. The number of rotatable bonds is 2. The maximum atomic E-state index is 12.8. The van der Waals surface area contributed by atoms with E-state index in [1.807, 2.05) is 46.8 Å². The molecule has 2 heterocycles.